The van der Waals surface area contributed by atoms with E-state index in [-0.39, 0.29) is 11.6 Å². The highest BCUT2D eigenvalue weighted by molar-refractivity contribution is 6.03. The van der Waals surface area contributed by atoms with Crippen LogP contribution in [0.1, 0.15) is 29.8 Å². The summed E-state index contributed by atoms with van der Waals surface area (Å²) in [6.45, 7) is 1.98. The van der Waals surface area contributed by atoms with Crippen LogP contribution in [0.5, 0.6) is 11.5 Å². The molecular weight excluding hydrogens is 320 g/mol. The molecule has 0 bridgehead atoms. The van der Waals surface area contributed by atoms with Crippen LogP contribution in [0.2, 0.25) is 0 Å². The van der Waals surface area contributed by atoms with Gasteiger partial charge < -0.3 is 19.7 Å². The number of ether oxygens (including phenoxy) is 2. The number of hydrogen-bond acceptors (Lipinski definition) is 6. The van der Waals surface area contributed by atoms with Crippen molar-refractivity contribution in [2.45, 2.75) is 19.3 Å². The van der Waals surface area contributed by atoms with Crippen LogP contribution in [0, 0.1) is 0 Å². The number of benzene rings is 1. The minimum absolute atomic E-state index is 0.263. The number of aromatic nitrogens is 2. The van der Waals surface area contributed by atoms with Crippen LogP contribution >= 0.6 is 0 Å². The molecule has 7 nitrogen and oxygen atoms in total. The van der Waals surface area contributed by atoms with Gasteiger partial charge >= 0.3 is 0 Å². The quantitative estimate of drug-likeness (QED) is 0.900. The van der Waals surface area contributed by atoms with Gasteiger partial charge in [0.2, 0.25) is 0 Å². The van der Waals surface area contributed by atoms with E-state index in [0.29, 0.717) is 17.2 Å². The smallest absolute Gasteiger partial charge is 0.276 e. The molecule has 3 rings (SSSR count). The summed E-state index contributed by atoms with van der Waals surface area (Å²) in [6, 6.07) is 8.73. The lowest BCUT2D eigenvalue weighted by atomic mass is 10.1. The van der Waals surface area contributed by atoms with E-state index in [0.717, 1.165) is 18.9 Å². The van der Waals surface area contributed by atoms with Gasteiger partial charge in [-0.2, -0.15) is 0 Å². The Kier molecular flexibility index (Phi) is 5.33. The number of methoxy groups -OCH3 is 2. The van der Waals surface area contributed by atoms with Crippen molar-refractivity contribution in [2.75, 3.05) is 37.5 Å². The standard InChI is InChI=1S/C18H22N4O3/c1-24-13-6-7-14(16(12-13)25-2)19-18(23)15-8-9-17(21-20-15)22-10-4-3-5-11-22/h6-9,12H,3-5,10-11H2,1-2H3,(H,19,23). The van der Waals surface area contributed by atoms with Gasteiger partial charge in [-0.05, 0) is 43.5 Å². The summed E-state index contributed by atoms with van der Waals surface area (Å²) in [5.74, 6) is 1.66. The zero-order chi connectivity index (χ0) is 17.6. The van der Waals surface area contributed by atoms with Gasteiger partial charge in [0.05, 0.1) is 19.9 Å². The van der Waals surface area contributed by atoms with Crippen LogP contribution in [-0.4, -0.2) is 43.4 Å². The topological polar surface area (TPSA) is 76.6 Å². The summed E-state index contributed by atoms with van der Waals surface area (Å²) in [7, 11) is 3.12. The van der Waals surface area contributed by atoms with Crippen molar-refractivity contribution >= 4 is 17.4 Å². The van der Waals surface area contributed by atoms with Gasteiger partial charge in [0.15, 0.2) is 11.5 Å². The average molecular weight is 342 g/mol. The molecule has 1 aromatic heterocycles. The van der Waals surface area contributed by atoms with Crippen molar-refractivity contribution in [1.82, 2.24) is 10.2 Å². The fraction of sp³-hybridized carbons (Fsp3) is 0.389. The molecule has 0 aliphatic carbocycles. The molecule has 0 atom stereocenters. The molecule has 7 heteroatoms. The van der Waals surface area contributed by atoms with Gasteiger partial charge in [0.1, 0.15) is 11.5 Å². The third kappa shape index (κ3) is 3.99. The first-order chi connectivity index (χ1) is 12.2. The normalized spacial score (nSPS) is 14.1. The molecule has 25 heavy (non-hydrogen) atoms. The lowest BCUT2D eigenvalue weighted by Crippen LogP contribution is -2.30. The minimum atomic E-state index is -0.332. The molecule has 132 valence electrons. The van der Waals surface area contributed by atoms with E-state index >= 15 is 0 Å². The third-order valence-electron chi connectivity index (χ3n) is 4.22. The molecule has 0 saturated carbocycles. The summed E-state index contributed by atoms with van der Waals surface area (Å²) >= 11 is 0. The Morgan fingerprint density at radius 3 is 2.48 bits per heavy atom. The highest BCUT2D eigenvalue weighted by Crippen LogP contribution is 2.29. The number of hydrogen-bond donors (Lipinski definition) is 1. The molecule has 0 spiro atoms. The number of nitrogens with zero attached hydrogens (tertiary/aromatic N) is 3. The van der Waals surface area contributed by atoms with Gasteiger partial charge in [0, 0.05) is 19.2 Å². The Morgan fingerprint density at radius 2 is 1.84 bits per heavy atom. The van der Waals surface area contributed by atoms with Crippen molar-refractivity contribution in [3.63, 3.8) is 0 Å². The molecule has 2 aromatic rings. The van der Waals surface area contributed by atoms with Crippen LogP contribution in [0.15, 0.2) is 30.3 Å². The first-order valence-corrected chi connectivity index (χ1v) is 8.33. The highest BCUT2D eigenvalue weighted by atomic mass is 16.5. The molecule has 1 N–H and O–H groups in total. The van der Waals surface area contributed by atoms with Crippen LogP contribution in [-0.2, 0) is 0 Å². The SMILES string of the molecule is COc1ccc(NC(=O)c2ccc(N3CCCCC3)nn2)c(OC)c1. The average Bonchev–Trinajstić information content (AvgIpc) is 2.69. The predicted octanol–water partition coefficient (Wildman–Crippen LogP) is 2.74. The molecule has 1 aromatic carbocycles. The largest absolute Gasteiger partial charge is 0.497 e. The summed E-state index contributed by atoms with van der Waals surface area (Å²) in [5.41, 5.74) is 0.814. The molecule has 1 amide bonds. The first-order valence-electron chi connectivity index (χ1n) is 8.33. The lowest BCUT2D eigenvalue weighted by Gasteiger charge is -2.27. The van der Waals surface area contributed by atoms with Crippen molar-refractivity contribution in [3.8, 4) is 11.5 Å². The van der Waals surface area contributed by atoms with E-state index in [1.165, 1.54) is 26.4 Å². The number of piperidine rings is 1. The zero-order valence-electron chi connectivity index (χ0n) is 14.5. The molecule has 1 saturated heterocycles. The van der Waals surface area contributed by atoms with E-state index in [1.54, 1.807) is 31.4 Å². The second kappa shape index (κ2) is 7.83. The number of carbonyl (C=O) groups is 1. The summed E-state index contributed by atoms with van der Waals surface area (Å²) in [5, 5.41) is 11.1. The first kappa shape index (κ1) is 17.0. The van der Waals surface area contributed by atoms with Gasteiger partial charge in [-0.25, -0.2) is 0 Å². The minimum Gasteiger partial charge on any atom is -0.497 e. The monoisotopic (exact) mass is 342 g/mol. The number of anilines is 2. The second-order valence-electron chi connectivity index (χ2n) is 5.84. The van der Waals surface area contributed by atoms with Crippen LogP contribution < -0.4 is 19.7 Å². The van der Waals surface area contributed by atoms with Crippen LogP contribution in [0.25, 0.3) is 0 Å². The van der Waals surface area contributed by atoms with Gasteiger partial charge in [0.25, 0.3) is 5.91 Å². The maximum absolute atomic E-state index is 12.4. The van der Waals surface area contributed by atoms with Gasteiger partial charge in [-0.1, -0.05) is 0 Å². The number of carbonyl (C=O) groups excluding carboxylic acids is 1. The van der Waals surface area contributed by atoms with Crippen molar-refractivity contribution in [3.05, 3.63) is 36.0 Å². The fourth-order valence-corrected chi connectivity index (χ4v) is 2.83. The summed E-state index contributed by atoms with van der Waals surface area (Å²) in [6.07, 6.45) is 3.59. The van der Waals surface area contributed by atoms with Gasteiger partial charge in [-0.3, -0.25) is 4.79 Å². The molecule has 1 fully saturated rings. The fourth-order valence-electron chi connectivity index (χ4n) is 2.83. The Bertz CT molecular complexity index is 728. The van der Waals surface area contributed by atoms with Crippen molar-refractivity contribution in [2.24, 2.45) is 0 Å². The van der Waals surface area contributed by atoms with Crippen molar-refractivity contribution in [1.29, 1.82) is 0 Å². The third-order valence-corrected chi connectivity index (χ3v) is 4.22. The van der Waals surface area contributed by atoms with Crippen LogP contribution in [0.4, 0.5) is 11.5 Å². The van der Waals surface area contributed by atoms with Crippen molar-refractivity contribution < 1.29 is 14.3 Å². The summed E-state index contributed by atoms with van der Waals surface area (Å²) in [4.78, 5) is 14.6. The lowest BCUT2D eigenvalue weighted by molar-refractivity contribution is 0.102. The molecule has 0 unspecified atom stereocenters. The predicted molar refractivity (Wildman–Crippen MR) is 95.6 cm³/mol. The van der Waals surface area contributed by atoms with E-state index in [2.05, 4.69) is 20.4 Å². The highest BCUT2D eigenvalue weighted by Gasteiger charge is 2.15. The maximum atomic E-state index is 12.4. The van der Waals surface area contributed by atoms with Crippen LogP contribution in [0.3, 0.4) is 0 Å². The van der Waals surface area contributed by atoms with Gasteiger partial charge in [-0.15, -0.1) is 10.2 Å². The Balaban J connectivity index is 1.71. The van der Waals surface area contributed by atoms with E-state index in [9.17, 15) is 4.79 Å². The molecular formula is C18H22N4O3. The summed E-state index contributed by atoms with van der Waals surface area (Å²) < 4.78 is 10.4. The molecule has 1 aliphatic heterocycles. The van der Waals surface area contributed by atoms with E-state index in [1.807, 2.05) is 6.07 Å². The Hall–Kier alpha value is -2.83. The van der Waals surface area contributed by atoms with E-state index < -0.39 is 0 Å². The molecule has 0 radical (unpaired) electrons. The number of rotatable bonds is 5. The number of amides is 1. The number of nitrogens with one attached hydrogen (secondary N) is 1. The molecule has 2 heterocycles. The Labute approximate surface area is 147 Å². The maximum Gasteiger partial charge on any atom is 0.276 e. The second-order valence-corrected chi connectivity index (χ2v) is 5.84. The Morgan fingerprint density at radius 1 is 1.04 bits per heavy atom. The molecule has 1 aliphatic rings. The zero-order valence-corrected chi connectivity index (χ0v) is 14.5. The van der Waals surface area contributed by atoms with E-state index in [4.69, 9.17) is 9.47 Å².